The molecule has 0 amide bonds. The number of esters is 1. The van der Waals surface area contributed by atoms with Crippen LogP contribution in [0.2, 0.25) is 0 Å². The van der Waals surface area contributed by atoms with Gasteiger partial charge in [-0.3, -0.25) is 4.79 Å². The lowest BCUT2D eigenvalue weighted by Gasteiger charge is -2.03. The Hall–Kier alpha value is -1.62. The molecule has 0 atom stereocenters. The predicted molar refractivity (Wildman–Crippen MR) is 63.6 cm³/mol. The van der Waals surface area contributed by atoms with Gasteiger partial charge in [-0.1, -0.05) is 15.9 Å². The molecule has 0 aliphatic carbocycles. The number of halogens is 1. The minimum Gasteiger partial charge on any atom is -0.465 e. The van der Waals surface area contributed by atoms with E-state index >= 15 is 0 Å². The van der Waals surface area contributed by atoms with Crippen molar-refractivity contribution in [2.24, 2.45) is 0 Å². The van der Waals surface area contributed by atoms with Gasteiger partial charge in [0.05, 0.1) is 12.7 Å². The smallest absolute Gasteiger partial charge is 0.337 e. The van der Waals surface area contributed by atoms with Crippen LogP contribution in [0, 0.1) is 0 Å². The van der Waals surface area contributed by atoms with Crippen LogP contribution in [0.3, 0.4) is 0 Å². The maximum atomic E-state index is 11.6. The molecule has 1 N–H and O–H groups in total. The first-order valence-electron chi connectivity index (χ1n) is 4.52. The lowest BCUT2D eigenvalue weighted by Crippen LogP contribution is -2.07. The second-order valence-electron chi connectivity index (χ2n) is 3.22. The van der Waals surface area contributed by atoms with Crippen molar-refractivity contribution >= 4 is 32.7 Å². The highest BCUT2D eigenvalue weighted by molar-refractivity contribution is 9.10. The quantitative estimate of drug-likeness (QED) is 0.815. The Labute approximate surface area is 99.4 Å². The van der Waals surface area contributed by atoms with Gasteiger partial charge >= 0.3 is 5.97 Å². The van der Waals surface area contributed by atoms with Crippen molar-refractivity contribution < 1.29 is 9.53 Å². The Morgan fingerprint density at radius 2 is 2.12 bits per heavy atom. The van der Waals surface area contributed by atoms with Crippen LogP contribution in [0.1, 0.15) is 10.4 Å². The van der Waals surface area contributed by atoms with E-state index in [1.54, 1.807) is 18.3 Å². The van der Waals surface area contributed by atoms with Gasteiger partial charge in [-0.25, -0.2) is 4.79 Å². The Balaban J connectivity index is 2.80. The summed E-state index contributed by atoms with van der Waals surface area (Å²) in [5.74, 6) is -0.467. The van der Waals surface area contributed by atoms with E-state index in [0.717, 1.165) is 5.39 Å². The molecule has 0 aliphatic heterocycles. The molecule has 82 valence electrons. The fourth-order valence-electron chi connectivity index (χ4n) is 1.49. The average molecular weight is 282 g/mol. The SMILES string of the molecule is COC(=O)c1cc(Br)c2cc[nH]c(=O)c2c1. The summed E-state index contributed by atoms with van der Waals surface area (Å²) in [4.78, 5) is 25.5. The van der Waals surface area contributed by atoms with Crippen LogP contribution >= 0.6 is 15.9 Å². The summed E-state index contributed by atoms with van der Waals surface area (Å²) in [5, 5.41) is 1.22. The monoisotopic (exact) mass is 281 g/mol. The Bertz CT molecular complexity index is 618. The highest BCUT2D eigenvalue weighted by atomic mass is 79.9. The number of aromatic nitrogens is 1. The fourth-order valence-corrected chi connectivity index (χ4v) is 2.08. The number of benzene rings is 1. The zero-order chi connectivity index (χ0) is 11.7. The average Bonchev–Trinajstić information content (AvgIpc) is 2.29. The van der Waals surface area contributed by atoms with Crippen LogP contribution in [0.4, 0.5) is 0 Å². The number of carbonyl (C=O) groups excluding carboxylic acids is 1. The van der Waals surface area contributed by atoms with Gasteiger partial charge in [-0.2, -0.15) is 0 Å². The number of hydrogen-bond acceptors (Lipinski definition) is 3. The van der Waals surface area contributed by atoms with E-state index < -0.39 is 5.97 Å². The highest BCUT2D eigenvalue weighted by Gasteiger charge is 2.10. The number of H-pyrrole nitrogens is 1. The van der Waals surface area contributed by atoms with E-state index in [1.807, 2.05) is 0 Å². The van der Waals surface area contributed by atoms with Crippen molar-refractivity contribution in [2.45, 2.75) is 0 Å². The zero-order valence-electron chi connectivity index (χ0n) is 8.41. The fraction of sp³-hybridized carbons (Fsp3) is 0.0909. The lowest BCUT2D eigenvalue weighted by molar-refractivity contribution is 0.0601. The van der Waals surface area contributed by atoms with Crippen molar-refractivity contribution in [2.75, 3.05) is 7.11 Å². The molecule has 4 nitrogen and oxygen atoms in total. The lowest BCUT2D eigenvalue weighted by atomic mass is 10.1. The molecular formula is C11H8BrNO3. The van der Waals surface area contributed by atoms with Crippen LogP contribution in [0.15, 0.2) is 33.7 Å². The molecule has 1 aromatic heterocycles. The summed E-state index contributed by atoms with van der Waals surface area (Å²) in [6, 6.07) is 4.92. The molecule has 16 heavy (non-hydrogen) atoms. The Morgan fingerprint density at radius 1 is 1.38 bits per heavy atom. The molecule has 0 saturated heterocycles. The first-order valence-corrected chi connectivity index (χ1v) is 5.32. The van der Waals surface area contributed by atoms with Crippen LogP contribution in [-0.4, -0.2) is 18.1 Å². The molecule has 5 heteroatoms. The maximum Gasteiger partial charge on any atom is 0.337 e. The van der Waals surface area contributed by atoms with Gasteiger partial charge in [0, 0.05) is 21.4 Å². The van der Waals surface area contributed by atoms with Crippen molar-refractivity contribution in [3.63, 3.8) is 0 Å². The number of aromatic amines is 1. The molecule has 2 rings (SSSR count). The standard InChI is InChI=1S/C11H8BrNO3/c1-16-11(15)6-4-8-7(9(12)5-6)2-3-13-10(8)14/h2-5H,1H3,(H,13,14). The molecule has 1 heterocycles. The number of fused-ring (bicyclic) bond motifs is 1. The minimum absolute atomic E-state index is 0.232. The maximum absolute atomic E-state index is 11.6. The topological polar surface area (TPSA) is 59.2 Å². The summed E-state index contributed by atoms with van der Waals surface area (Å²) < 4.78 is 5.30. The molecule has 0 radical (unpaired) electrons. The van der Waals surface area contributed by atoms with Gasteiger partial charge in [0.2, 0.25) is 0 Å². The molecule has 0 saturated carbocycles. The predicted octanol–water partition coefficient (Wildman–Crippen LogP) is 2.08. The third kappa shape index (κ3) is 1.74. The molecule has 0 aliphatic rings. The van der Waals surface area contributed by atoms with Gasteiger partial charge in [-0.05, 0) is 18.2 Å². The first kappa shape index (κ1) is 10.9. The van der Waals surface area contributed by atoms with Crippen molar-refractivity contribution in [1.29, 1.82) is 0 Å². The molecule has 0 spiro atoms. The van der Waals surface area contributed by atoms with Crippen molar-refractivity contribution in [3.05, 3.63) is 44.8 Å². The molecule has 0 bridgehead atoms. The molecule has 1 aromatic carbocycles. The van der Waals surface area contributed by atoms with Crippen molar-refractivity contribution in [1.82, 2.24) is 4.98 Å². The number of carbonyl (C=O) groups is 1. The van der Waals surface area contributed by atoms with E-state index in [0.29, 0.717) is 15.4 Å². The number of methoxy groups -OCH3 is 1. The third-order valence-corrected chi connectivity index (χ3v) is 2.92. The van der Waals surface area contributed by atoms with Crippen LogP contribution in [-0.2, 0) is 4.74 Å². The van der Waals surface area contributed by atoms with Gasteiger partial charge in [0.15, 0.2) is 0 Å². The third-order valence-electron chi connectivity index (χ3n) is 2.26. The van der Waals surface area contributed by atoms with Crippen molar-refractivity contribution in [3.8, 4) is 0 Å². The zero-order valence-corrected chi connectivity index (χ0v) is 10.00. The number of pyridine rings is 1. The summed E-state index contributed by atoms with van der Waals surface area (Å²) in [6.07, 6.45) is 1.56. The van der Waals surface area contributed by atoms with Gasteiger partial charge < -0.3 is 9.72 Å². The van der Waals surface area contributed by atoms with Crippen LogP contribution in [0.25, 0.3) is 10.8 Å². The molecule has 0 unspecified atom stereocenters. The highest BCUT2D eigenvalue weighted by Crippen LogP contribution is 2.23. The van der Waals surface area contributed by atoms with E-state index in [4.69, 9.17) is 0 Å². The number of ether oxygens (including phenoxy) is 1. The second-order valence-corrected chi connectivity index (χ2v) is 4.07. The van der Waals surface area contributed by atoms with Crippen LogP contribution < -0.4 is 5.56 Å². The molecule has 0 fully saturated rings. The summed E-state index contributed by atoms with van der Waals surface area (Å²) >= 11 is 3.32. The summed E-state index contributed by atoms with van der Waals surface area (Å²) in [7, 11) is 1.30. The Morgan fingerprint density at radius 3 is 2.81 bits per heavy atom. The molecular weight excluding hydrogens is 274 g/mol. The number of nitrogens with one attached hydrogen (secondary N) is 1. The van der Waals surface area contributed by atoms with Gasteiger partial charge in [-0.15, -0.1) is 0 Å². The number of rotatable bonds is 1. The van der Waals surface area contributed by atoms with E-state index in [9.17, 15) is 9.59 Å². The minimum atomic E-state index is -0.467. The first-order chi connectivity index (χ1) is 7.63. The summed E-state index contributed by atoms with van der Waals surface area (Å²) in [5.41, 5.74) is 0.113. The number of hydrogen-bond donors (Lipinski definition) is 1. The Kier molecular flexibility index (Phi) is 2.78. The largest absolute Gasteiger partial charge is 0.465 e. The molecule has 2 aromatic rings. The van der Waals surface area contributed by atoms with Gasteiger partial charge in [0.25, 0.3) is 5.56 Å². The van der Waals surface area contributed by atoms with E-state index in [1.165, 1.54) is 13.2 Å². The van der Waals surface area contributed by atoms with Gasteiger partial charge in [0.1, 0.15) is 0 Å². The summed E-state index contributed by atoms with van der Waals surface area (Å²) in [6.45, 7) is 0. The van der Waals surface area contributed by atoms with Crippen LogP contribution in [0.5, 0.6) is 0 Å². The van der Waals surface area contributed by atoms with E-state index in [2.05, 4.69) is 25.7 Å². The van der Waals surface area contributed by atoms with E-state index in [-0.39, 0.29) is 5.56 Å². The normalized spacial score (nSPS) is 10.4. The second kappa shape index (κ2) is 4.09.